The number of piperidine rings is 1. The van der Waals surface area contributed by atoms with E-state index in [2.05, 4.69) is 49.5 Å². The van der Waals surface area contributed by atoms with E-state index in [1.54, 1.807) is 6.07 Å². The number of aryl methyl sites for hydroxylation is 1. The minimum Gasteiger partial charge on any atom is -0.364 e. The molecule has 1 aliphatic heterocycles. The van der Waals surface area contributed by atoms with Crippen LogP contribution >= 0.6 is 0 Å². The van der Waals surface area contributed by atoms with Gasteiger partial charge in [-0.15, -0.1) is 0 Å². The lowest BCUT2D eigenvalue weighted by atomic mass is 9.90. The fourth-order valence-electron chi connectivity index (χ4n) is 3.67. The summed E-state index contributed by atoms with van der Waals surface area (Å²) in [6.45, 7) is 6.31. The summed E-state index contributed by atoms with van der Waals surface area (Å²) in [4.78, 5) is 22.9. The first-order valence-electron chi connectivity index (χ1n) is 9.86. The fourth-order valence-corrected chi connectivity index (χ4v) is 3.67. The number of amides is 1. The van der Waals surface area contributed by atoms with Crippen LogP contribution in [0.5, 0.6) is 0 Å². The summed E-state index contributed by atoms with van der Waals surface area (Å²) in [5, 5.41) is 13.8. The van der Waals surface area contributed by atoms with Gasteiger partial charge in [0.1, 0.15) is 11.5 Å². The van der Waals surface area contributed by atoms with Gasteiger partial charge in [-0.05, 0) is 32.6 Å². The van der Waals surface area contributed by atoms with E-state index in [4.69, 9.17) is 5.73 Å². The van der Waals surface area contributed by atoms with Crippen molar-refractivity contribution in [3.05, 3.63) is 23.5 Å². The Labute approximate surface area is 165 Å². The number of carbonyl (C=O) groups excluding carboxylic acids is 1. The molecule has 9 nitrogen and oxygen atoms in total. The number of aromatic amines is 1. The van der Waals surface area contributed by atoms with Gasteiger partial charge in [0.15, 0.2) is 5.82 Å². The van der Waals surface area contributed by atoms with Gasteiger partial charge in [0, 0.05) is 43.0 Å². The molecule has 1 amide bonds. The lowest BCUT2D eigenvalue weighted by molar-refractivity contribution is 0.0995. The average Bonchev–Trinajstić information content (AvgIpc) is 3.11. The number of carbonyl (C=O) groups is 1. The van der Waals surface area contributed by atoms with Crippen LogP contribution in [-0.2, 0) is 0 Å². The Morgan fingerprint density at radius 3 is 2.43 bits per heavy atom. The molecule has 0 aromatic carbocycles. The third-order valence-electron chi connectivity index (χ3n) is 5.36. The van der Waals surface area contributed by atoms with Gasteiger partial charge in [0.25, 0.3) is 5.91 Å². The molecule has 0 radical (unpaired) electrons. The Kier molecular flexibility index (Phi) is 6.13. The number of nitrogens with zero attached hydrogens (tertiary/aromatic N) is 4. The van der Waals surface area contributed by atoms with Crippen molar-refractivity contribution in [2.24, 2.45) is 5.73 Å². The number of hydrogen-bond acceptors (Lipinski definition) is 7. The Morgan fingerprint density at radius 1 is 1.21 bits per heavy atom. The van der Waals surface area contributed by atoms with Crippen LogP contribution in [0.3, 0.4) is 0 Å². The second kappa shape index (κ2) is 8.55. The molecule has 3 rings (SSSR count). The van der Waals surface area contributed by atoms with Crippen LogP contribution in [-0.4, -0.2) is 51.2 Å². The molecule has 1 saturated heterocycles. The number of anilines is 3. The van der Waals surface area contributed by atoms with Crippen LogP contribution in [0.15, 0.2) is 12.1 Å². The zero-order valence-electron chi connectivity index (χ0n) is 17.0. The summed E-state index contributed by atoms with van der Waals surface area (Å²) in [5.41, 5.74) is 6.61. The predicted octanol–water partition coefficient (Wildman–Crippen LogP) is 2.10. The number of rotatable bonds is 7. The molecule has 5 N–H and O–H groups in total. The van der Waals surface area contributed by atoms with E-state index in [-0.39, 0.29) is 5.69 Å². The van der Waals surface area contributed by atoms with Crippen molar-refractivity contribution in [3.63, 3.8) is 0 Å². The maximum Gasteiger partial charge on any atom is 0.267 e. The first-order valence-corrected chi connectivity index (χ1v) is 9.86. The molecule has 0 aliphatic carbocycles. The number of hydrogen-bond donors (Lipinski definition) is 4. The number of nitrogens with two attached hydrogens (primary N) is 1. The monoisotopic (exact) mass is 386 g/mol. The molecule has 0 unspecified atom stereocenters. The highest BCUT2D eigenvalue weighted by molar-refractivity contribution is 5.92. The molecule has 2 aromatic rings. The van der Waals surface area contributed by atoms with Gasteiger partial charge in [-0.3, -0.25) is 9.89 Å². The molecule has 152 valence electrons. The average molecular weight is 387 g/mol. The number of primary amides is 1. The molecule has 3 atom stereocenters. The summed E-state index contributed by atoms with van der Waals surface area (Å²) in [5.74, 6) is 1.02. The highest BCUT2D eigenvalue weighted by Crippen LogP contribution is 2.25. The minimum absolute atomic E-state index is 0.180. The van der Waals surface area contributed by atoms with E-state index in [1.807, 2.05) is 20.0 Å². The van der Waals surface area contributed by atoms with E-state index in [1.165, 1.54) is 0 Å². The Balaban J connectivity index is 1.87. The van der Waals surface area contributed by atoms with Gasteiger partial charge in [0.05, 0.1) is 0 Å². The van der Waals surface area contributed by atoms with E-state index in [0.29, 0.717) is 35.7 Å². The Bertz CT molecular complexity index is 808. The van der Waals surface area contributed by atoms with Gasteiger partial charge in [-0.25, -0.2) is 4.98 Å². The smallest absolute Gasteiger partial charge is 0.267 e. The largest absolute Gasteiger partial charge is 0.364 e. The van der Waals surface area contributed by atoms with E-state index in [0.717, 1.165) is 31.4 Å². The quantitative estimate of drug-likeness (QED) is 0.574. The Morgan fingerprint density at radius 2 is 1.89 bits per heavy atom. The SMILES string of the molecule is CC[C@@H]1C[C@@H](N(C)c2nc(Nc3cc(C)[nH]n3)cc(C(N)=O)n2)C[C@H](CC)N1. The molecule has 9 heteroatoms. The van der Waals surface area contributed by atoms with Crippen molar-refractivity contribution in [2.75, 3.05) is 17.3 Å². The highest BCUT2D eigenvalue weighted by atomic mass is 16.1. The van der Waals surface area contributed by atoms with Crippen LogP contribution in [0.2, 0.25) is 0 Å². The van der Waals surface area contributed by atoms with Crippen LogP contribution in [0, 0.1) is 6.92 Å². The molecular formula is C19H30N8O. The topological polar surface area (TPSA) is 125 Å². The Hall–Kier alpha value is -2.68. The summed E-state index contributed by atoms with van der Waals surface area (Å²) in [6, 6.07) is 4.64. The van der Waals surface area contributed by atoms with Crippen molar-refractivity contribution < 1.29 is 4.79 Å². The van der Waals surface area contributed by atoms with Crippen molar-refractivity contribution in [3.8, 4) is 0 Å². The molecule has 28 heavy (non-hydrogen) atoms. The first-order chi connectivity index (χ1) is 13.4. The first kappa shape index (κ1) is 20.1. The van der Waals surface area contributed by atoms with E-state index < -0.39 is 5.91 Å². The predicted molar refractivity (Wildman–Crippen MR) is 110 cm³/mol. The maximum absolute atomic E-state index is 11.8. The molecule has 1 aliphatic rings. The summed E-state index contributed by atoms with van der Waals surface area (Å²) >= 11 is 0. The molecule has 0 spiro atoms. The van der Waals surface area contributed by atoms with Crippen LogP contribution < -0.4 is 21.3 Å². The van der Waals surface area contributed by atoms with Gasteiger partial charge in [0.2, 0.25) is 5.95 Å². The van der Waals surface area contributed by atoms with Crippen molar-refractivity contribution >= 4 is 23.5 Å². The van der Waals surface area contributed by atoms with Gasteiger partial charge in [-0.1, -0.05) is 13.8 Å². The van der Waals surface area contributed by atoms with Crippen LogP contribution in [0.25, 0.3) is 0 Å². The lowest BCUT2D eigenvalue weighted by Crippen LogP contribution is -2.52. The number of nitrogens with one attached hydrogen (secondary N) is 3. The van der Waals surface area contributed by atoms with Crippen LogP contribution in [0.4, 0.5) is 17.6 Å². The normalized spacial score (nSPS) is 22.1. The number of aromatic nitrogens is 4. The van der Waals surface area contributed by atoms with Crippen molar-refractivity contribution in [1.82, 2.24) is 25.5 Å². The molecule has 2 aromatic heterocycles. The highest BCUT2D eigenvalue weighted by Gasteiger charge is 2.30. The maximum atomic E-state index is 11.8. The number of H-pyrrole nitrogens is 1. The third kappa shape index (κ3) is 4.59. The standard InChI is InChI=1S/C19H30N8O/c1-5-12-8-14(9-13(6-2)21-12)27(4)19-22-15(18(20)28)10-16(24-19)23-17-7-11(3)25-26-17/h7,10,12-14,21H,5-6,8-9H2,1-4H3,(H2,20,28)(H2,22,23,24,25,26)/t12-,13+,14-. The van der Waals surface area contributed by atoms with E-state index >= 15 is 0 Å². The molecule has 1 fully saturated rings. The van der Waals surface area contributed by atoms with Crippen LogP contribution in [0.1, 0.15) is 55.7 Å². The molecule has 0 saturated carbocycles. The summed E-state index contributed by atoms with van der Waals surface area (Å²) in [6.07, 6.45) is 4.17. The summed E-state index contributed by atoms with van der Waals surface area (Å²) < 4.78 is 0. The zero-order valence-corrected chi connectivity index (χ0v) is 17.0. The molecular weight excluding hydrogens is 356 g/mol. The van der Waals surface area contributed by atoms with Crippen molar-refractivity contribution in [1.29, 1.82) is 0 Å². The lowest BCUT2D eigenvalue weighted by Gasteiger charge is -2.40. The molecule has 3 heterocycles. The second-order valence-electron chi connectivity index (χ2n) is 7.48. The van der Waals surface area contributed by atoms with Gasteiger partial charge >= 0.3 is 0 Å². The van der Waals surface area contributed by atoms with Gasteiger partial charge < -0.3 is 21.3 Å². The second-order valence-corrected chi connectivity index (χ2v) is 7.48. The van der Waals surface area contributed by atoms with Gasteiger partial charge in [-0.2, -0.15) is 10.1 Å². The fraction of sp³-hybridized carbons (Fsp3) is 0.579. The summed E-state index contributed by atoms with van der Waals surface area (Å²) in [7, 11) is 1.98. The third-order valence-corrected chi connectivity index (χ3v) is 5.36. The van der Waals surface area contributed by atoms with E-state index in [9.17, 15) is 4.79 Å². The minimum atomic E-state index is -0.582. The molecule has 0 bridgehead atoms. The zero-order chi connectivity index (χ0) is 20.3. The van der Waals surface area contributed by atoms with Crippen molar-refractivity contribution in [2.45, 2.75) is 64.6 Å².